The van der Waals surface area contributed by atoms with Gasteiger partial charge in [0, 0.05) is 52.6 Å². The average Bonchev–Trinajstić information content (AvgIpc) is 3.69. The first-order valence-electron chi connectivity index (χ1n) is 26.0. The molecule has 17 heteroatoms. The molecule has 0 unspecified atom stereocenters. The number of benzene rings is 5. The molecule has 9 rings (SSSR count). The van der Waals surface area contributed by atoms with Gasteiger partial charge in [-0.3, -0.25) is 14.7 Å². The maximum absolute atomic E-state index is 18.3. The number of anilines is 2. The van der Waals surface area contributed by atoms with Crippen molar-refractivity contribution in [1.82, 2.24) is 19.9 Å². The molecule has 2 bridgehead atoms. The van der Waals surface area contributed by atoms with Gasteiger partial charge in [-0.25, -0.2) is 14.2 Å². The van der Waals surface area contributed by atoms with E-state index in [1.165, 1.54) is 12.1 Å². The molecule has 0 radical (unpaired) electrons. The molecule has 5 aromatic carbocycles. The van der Waals surface area contributed by atoms with E-state index in [-0.39, 0.29) is 40.4 Å². The Hall–Kier alpha value is -7.55. The lowest BCUT2D eigenvalue weighted by Gasteiger charge is -2.42. The van der Waals surface area contributed by atoms with Crippen LogP contribution in [0, 0.1) is 17.3 Å². The number of hydrogen-bond acceptors (Lipinski definition) is 11. The van der Waals surface area contributed by atoms with Gasteiger partial charge in [0.1, 0.15) is 30.7 Å². The van der Waals surface area contributed by atoms with Crippen LogP contribution in [0.5, 0.6) is 6.01 Å². The molecule has 2 aliphatic heterocycles. The number of piperazine rings is 1. The standard InChI is InChI=1S/C60H63F2N7O6SSi/c1-37(2)77(38(3)4,39(5)6)30-29-40-21-16-22-43-31-45(65-54(41-17-12-10-13-18-41)42-19-14-11-15-20-42)32-49(52(40)43)55-53(61)56-50(33-63-55)57(68-34-46-25-26-47(35-68)69(46)59(71)75-60(7,8)9)67-58(66-56)74-36-51(70)64-44-23-27-48(28-24-44)76(62,72)73/h10-24,27-28,31-33,37-39,46-47H,25-26,34-36H2,1-9H3,(H,64,70)/t46-,47+. The summed E-state index contributed by atoms with van der Waals surface area (Å²) in [5.41, 5.74) is 8.52. The fourth-order valence-electron chi connectivity index (χ4n) is 11.2. The van der Waals surface area contributed by atoms with E-state index in [2.05, 4.69) is 63.3 Å². The Balaban J connectivity index is 1.21. The molecular formula is C60H63F2N7O6SSi. The maximum atomic E-state index is 18.3. The molecule has 7 aromatic rings. The van der Waals surface area contributed by atoms with Crippen LogP contribution >= 0.6 is 0 Å². The van der Waals surface area contributed by atoms with E-state index >= 15 is 4.39 Å². The molecule has 0 aliphatic carbocycles. The Morgan fingerprint density at radius 2 is 1.44 bits per heavy atom. The van der Waals surface area contributed by atoms with E-state index in [1.54, 1.807) is 11.1 Å². The van der Waals surface area contributed by atoms with Crippen LogP contribution < -0.4 is 15.0 Å². The summed E-state index contributed by atoms with van der Waals surface area (Å²) >= 11 is 0. The SMILES string of the molecule is CC(C)[Si](C#Cc1cccc2cc(N=C(c3ccccc3)c3ccccc3)cc(-c3ncc4c(N5C[C@H]6CC[C@@H](C5)N6C(=O)OC(C)(C)C)nc(OCC(=O)Nc5ccc(S(=O)(=O)F)cc5)nc4c3F)c12)(C(C)C)C(C)C. The van der Waals surface area contributed by atoms with Crippen LogP contribution in [0.15, 0.2) is 131 Å². The third-order valence-corrected chi connectivity index (χ3v) is 21.7. The number of carbonyl (C=O) groups is 2. The highest BCUT2D eigenvalue weighted by atomic mass is 32.3. The van der Waals surface area contributed by atoms with Crippen molar-refractivity contribution in [3.8, 4) is 28.7 Å². The first-order valence-corrected chi connectivity index (χ1v) is 29.6. The molecule has 0 spiro atoms. The van der Waals surface area contributed by atoms with Crippen LogP contribution in [0.25, 0.3) is 32.9 Å². The lowest BCUT2D eigenvalue weighted by molar-refractivity contribution is -0.118. The van der Waals surface area contributed by atoms with Gasteiger partial charge in [-0.15, -0.1) is 9.43 Å². The van der Waals surface area contributed by atoms with E-state index in [4.69, 9.17) is 24.4 Å². The molecule has 2 saturated heterocycles. The monoisotopic (exact) mass is 1080 g/mol. The van der Waals surface area contributed by atoms with Gasteiger partial charge in [0.25, 0.3) is 5.91 Å². The quantitative estimate of drug-likeness (QED) is 0.0510. The van der Waals surface area contributed by atoms with Gasteiger partial charge in [-0.1, -0.05) is 120 Å². The number of aromatic nitrogens is 3. The van der Waals surface area contributed by atoms with Crippen molar-refractivity contribution in [2.75, 3.05) is 29.9 Å². The van der Waals surface area contributed by atoms with Gasteiger partial charge >= 0.3 is 22.3 Å². The second-order valence-corrected chi connectivity index (χ2v) is 28.7. The molecule has 2 amide bonds. The number of hydrogen-bond donors (Lipinski definition) is 1. The molecule has 2 fully saturated rings. The largest absolute Gasteiger partial charge is 0.453 e. The maximum Gasteiger partial charge on any atom is 0.410 e. The van der Waals surface area contributed by atoms with Crippen LogP contribution in [0.4, 0.5) is 30.3 Å². The highest BCUT2D eigenvalue weighted by Crippen LogP contribution is 2.43. The summed E-state index contributed by atoms with van der Waals surface area (Å²) in [6, 6.07) is 33.3. The molecule has 0 saturated carbocycles. The molecule has 2 aromatic heterocycles. The number of rotatable bonds is 13. The lowest BCUT2D eigenvalue weighted by atomic mass is 9.95. The van der Waals surface area contributed by atoms with Crippen LogP contribution in [-0.4, -0.2) is 91.4 Å². The number of carbonyl (C=O) groups excluding carboxylic acids is 2. The van der Waals surface area contributed by atoms with Gasteiger partial charge in [-0.05, 0) is 98.1 Å². The molecule has 2 atom stereocenters. The van der Waals surface area contributed by atoms with Crippen molar-refractivity contribution < 1.29 is 35.8 Å². The minimum Gasteiger partial charge on any atom is -0.453 e. The fraction of sp³-hybridized carbons (Fsp3) is 0.333. The summed E-state index contributed by atoms with van der Waals surface area (Å²) in [6.45, 7) is 19.1. The summed E-state index contributed by atoms with van der Waals surface area (Å²) in [5.74, 6) is 2.51. The number of nitrogens with one attached hydrogen (secondary N) is 1. The van der Waals surface area contributed by atoms with Crippen molar-refractivity contribution >= 4 is 74.9 Å². The molecule has 13 nitrogen and oxygen atoms in total. The lowest BCUT2D eigenvalue weighted by Crippen LogP contribution is -2.57. The number of ether oxygens (including phenoxy) is 2. The highest BCUT2D eigenvalue weighted by molar-refractivity contribution is 7.86. The summed E-state index contributed by atoms with van der Waals surface area (Å²) in [4.78, 5) is 49.8. The number of halogens is 2. The normalized spacial score (nSPS) is 15.7. The zero-order chi connectivity index (χ0) is 55.0. The van der Waals surface area contributed by atoms with Gasteiger partial charge < -0.3 is 19.7 Å². The topological polar surface area (TPSA) is 156 Å². The molecule has 1 N–H and O–H groups in total. The number of amides is 2. The molecule has 2 aliphatic rings. The summed E-state index contributed by atoms with van der Waals surface area (Å²) in [5, 5.41) is 4.35. The molecular weight excluding hydrogens is 1010 g/mol. The summed E-state index contributed by atoms with van der Waals surface area (Å²) < 4.78 is 66.6. The Kier molecular flexibility index (Phi) is 15.4. The van der Waals surface area contributed by atoms with E-state index in [0.29, 0.717) is 65.0 Å². The number of pyridine rings is 1. The number of nitrogens with zero attached hydrogens (tertiary/aromatic N) is 6. The number of aliphatic imine (C=N–C) groups is 1. The third-order valence-electron chi connectivity index (χ3n) is 14.6. The highest BCUT2D eigenvalue weighted by Gasteiger charge is 2.45. The Bertz CT molecular complexity index is 3510. The van der Waals surface area contributed by atoms with Gasteiger partial charge in [0.2, 0.25) is 0 Å². The number of fused-ring (bicyclic) bond motifs is 4. The molecule has 4 heterocycles. The predicted octanol–water partition coefficient (Wildman–Crippen LogP) is 13.0. The zero-order valence-corrected chi connectivity index (χ0v) is 46.6. The molecule has 77 heavy (non-hydrogen) atoms. The first-order chi connectivity index (χ1) is 36.6. The third kappa shape index (κ3) is 11.5. The average molecular weight is 1080 g/mol. The smallest absolute Gasteiger partial charge is 0.410 e. The fourth-order valence-corrected chi connectivity index (χ4v) is 16.9. The second kappa shape index (κ2) is 21.8. The minimum atomic E-state index is -4.96. The van der Waals surface area contributed by atoms with Crippen LogP contribution in [0.2, 0.25) is 16.6 Å². The van der Waals surface area contributed by atoms with E-state index in [9.17, 15) is 21.9 Å². The van der Waals surface area contributed by atoms with Crippen LogP contribution in [0.1, 0.15) is 91.8 Å². The van der Waals surface area contributed by atoms with Crippen LogP contribution in [0.3, 0.4) is 0 Å². The Labute approximate surface area is 450 Å². The van der Waals surface area contributed by atoms with Crippen molar-refractivity contribution in [2.45, 2.75) is 114 Å². The van der Waals surface area contributed by atoms with Crippen molar-refractivity contribution in [2.24, 2.45) is 4.99 Å². The molecule has 398 valence electrons. The minimum absolute atomic E-state index is 0.0169. The van der Waals surface area contributed by atoms with Crippen molar-refractivity contribution in [1.29, 1.82) is 0 Å². The zero-order valence-electron chi connectivity index (χ0n) is 44.8. The van der Waals surface area contributed by atoms with Gasteiger partial charge in [0.05, 0.1) is 33.8 Å². The van der Waals surface area contributed by atoms with Gasteiger partial charge in [-0.2, -0.15) is 18.4 Å². The van der Waals surface area contributed by atoms with Crippen LogP contribution in [-0.2, 0) is 19.8 Å². The van der Waals surface area contributed by atoms with E-state index in [1.807, 2.05) is 117 Å². The second-order valence-electron chi connectivity index (χ2n) is 21.7. The van der Waals surface area contributed by atoms with E-state index in [0.717, 1.165) is 39.9 Å². The Morgan fingerprint density at radius 3 is 2.01 bits per heavy atom. The van der Waals surface area contributed by atoms with Gasteiger partial charge in [0.15, 0.2) is 12.4 Å². The van der Waals surface area contributed by atoms with Crippen molar-refractivity contribution in [3.63, 3.8) is 0 Å². The van der Waals surface area contributed by atoms with Crippen molar-refractivity contribution in [3.05, 3.63) is 144 Å². The Morgan fingerprint density at radius 1 is 0.831 bits per heavy atom. The van der Waals surface area contributed by atoms with E-state index < -0.39 is 53.2 Å². The predicted molar refractivity (Wildman–Crippen MR) is 302 cm³/mol. The summed E-state index contributed by atoms with van der Waals surface area (Å²) in [7, 11) is -7.21. The first kappa shape index (κ1) is 54.2. The summed E-state index contributed by atoms with van der Waals surface area (Å²) in [6.07, 6.45) is 2.58.